The predicted molar refractivity (Wildman–Crippen MR) is 128 cm³/mol. The zero-order valence-electron chi connectivity index (χ0n) is 19.5. The Morgan fingerprint density at radius 3 is 2.45 bits per heavy atom. The number of hydrogen-bond donors (Lipinski definition) is 2. The van der Waals surface area contributed by atoms with Gasteiger partial charge in [-0.05, 0) is 53.9 Å². The van der Waals surface area contributed by atoms with E-state index in [-0.39, 0.29) is 24.5 Å². The standard InChI is InChI=1S/C22H37N7O.ClH/c1-15(2)29(16(3)4)17(5)11-12-28-21-19(13-25-28)20(23-14-24-21)27-22(30)26-18-9-7-6-8-10-18;/h13-18H,6-12H2,1-5H3,(H2,23,24,26,27,30);1H. The molecule has 2 heterocycles. The highest BCUT2D eigenvalue weighted by Crippen LogP contribution is 2.21. The van der Waals surface area contributed by atoms with Crippen molar-refractivity contribution in [2.24, 2.45) is 0 Å². The average molecular weight is 452 g/mol. The lowest BCUT2D eigenvalue weighted by Crippen LogP contribution is -2.44. The number of aryl methyl sites for hydroxylation is 1. The van der Waals surface area contributed by atoms with Crippen LogP contribution in [0.25, 0.3) is 11.0 Å². The lowest BCUT2D eigenvalue weighted by Gasteiger charge is -2.36. The van der Waals surface area contributed by atoms with Crippen LogP contribution >= 0.6 is 12.4 Å². The number of aromatic nitrogens is 4. The van der Waals surface area contributed by atoms with Crippen molar-refractivity contribution in [2.75, 3.05) is 5.32 Å². The first kappa shape index (κ1) is 25.3. The maximum absolute atomic E-state index is 12.4. The van der Waals surface area contributed by atoms with E-state index in [9.17, 15) is 4.79 Å². The van der Waals surface area contributed by atoms with Crippen molar-refractivity contribution in [1.82, 2.24) is 30.0 Å². The number of fused-ring (bicyclic) bond motifs is 1. The second-order valence-corrected chi connectivity index (χ2v) is 9.03. The summed E-state index contributed by atoms with van der Waals surface area (Å²) in [5.74, 6) is 0.513. The van der Waals surface area contributed by atoms with Gasteiger partial charge in [0.15, 0.2) is 5.65 Å². The molecule has 0 spiro atoms. The van der Waals surface area contributed by atoms with Gasteiger partial charge in [0.1, 0.15) is 12.1 Å². The second-order valence-electron chi connectivity index (χ2n) is 9.03. The summed E-state index contributed by atoms with van der Waals surface area (Å²) in [4.78, 5) is 23.7. The van der Waals surface area contributed by atoms with Crippen molar-refractivity contribution >= 4 is 35.3 Å². The summed E-state index contributed by atoms with van der Waals surface area (Å²) < 4.78 is 1.91. The number of halogens is 1. The van der Waals surface area contributed by atoms with E-state index in [0.29, 0.717) is 23.9 Å². The van der Waals surface area contributed by atoms with E-state index in [0.717, 1.165) is 36.8 Å². The Balaban J connectivity index is 0.00000341. The highest BCUT2D eigenvalue weighted by Gasteiger charge is 2.21. The molecule has 1 saturated carbocycles. The van der Waals surface area contributed by atoms with Gasteiger partial charge in [-0.1, -0.05) is 19.3 Å². The van der Waals surface area contributed by atoms with Crippen molar-refractivity contribution in [3.05, 3.63) is 12.5 Å². The molecule has 3 rings (SSSR count). The fourth-order valence-electron chi connectivity index (χ4n) is 4.80. The van der Waals surface area contributed by atoms with Crippen LogP contribution < -0.4 is 10.6 Å². The number of hydrogen-bond acceptors (Lipinski definition) is 5. The molecular weight excluding hydrogens is 414 g/mol. The van der Waals surface area contributed by atoms with Crippen LogP contribution in [0.15, 0.2) is 12.5 Å². The number of nitrogens with one attached hydrogen (secondary N) is 2. The minimum atomic E-state index is -0.201. The maximum atomic E-state index is 12.4. The highest BCUT2D eigenvalue weighted by molar-refractivity contribution is 5.97. The van der Waals surface area contributed by atoms with Crippen LogP contribution in [0, 0.1) is 0 Å². The minimum Gasteiger partial charge on any atom is -0.335 e. The third-order valence-electron chi connectivity index (χ3n) is 6.07. The Labute approximate surface area is 192 Å². The molecule has 0 radical (unpaired) electrons. The lowest BCUT2D eigenvalue weighted by molar-refractivity contribution is 0.113. The average Bonchev–Trinajstić information content (AvgIpc) is 3.10. The Morgan fingerprint density at radius 1 is 1.13 bits per heavy atom. The van der Waals surface area contributed by atoms with Crippen molar-refractivity contribution in [3.63, 3.8) is 0 Å². The first-order valence-corrected chi connectivity index (χ1v) is 11.4. The molecule has 0 saturated heterocycles. The van der Waals surface area contributed by atoms with Gasteiger partial charge in [-0.3, -0.25) is 10.2 Å². The molecule has 0 aromatic carbocycles. The van der Waals surface area contributed by atoms with E-state index in [1.807, 2.05) is 4.68 Å². The quantitative estimate of drug-likeness (QED) is 0.612. The molecule has 2 aromatic rings. The number of carbonyl (C=O) groups excluding carboxylic acids is 1. The molecule has 2 aromatic heterocycles. The summed E-state index contributed by atoms with van der Waals surface area (Å²) in [6.07, 6.45) is 9.93. The molecule has 1 unspecified atom stereocenters. The van der Waals surface area contributed by atoms with Gasteiger partial charge in [0.25, 0.3) is 0 Å². The number of amides is 2. The molecule has 31 heavy (non-hydrogen) atoms. The summed E-state index contributed by atoms with van der Waals surface area (Å²) in [5.41, 5.74) is 0.755. The number of carbonyl (C=O) groups is 1. The highest BCUT2D eigenvalue weighted by atomic mass is 35.5. The van der Waals surface area contributed by atoms with Gasteiger partial charge in [-0.15, -0.1) is 12.4 Å². The van der Waals surface area contributed by atoms with Crippen LogP contribution in [0.1, 0.15) is 73.1 Å². The zero-order chi connectivity index (χ0) is 21.7. The van der Waals surface area contributed by atoms with Crippen molar-refractivity contribution < 1.29 is 4.79 Å². The van der Waals surface area contributed by atoms with E-state index in [1.165, 1.54) is 25.6 Å². The van der Waals surface area contributed by atoms with E-state index in [1.54, 1.807) is 6.20 Å². The molecule has 0 bridgehead atoms. The monoisotopic (exact) mass is 451 g/mol. The second kappa shape index (κ2) is 11.6. The van der Waals surface area contributed by atoms with Crippen LogP contribution in [0.5, 0.6) is 0 Å². The molecule has 1 fully saturated rings. The summed E-state index contributed by atoms with van der Waals surface area (Å²) in [6, 6.07) is 1.48. The number of nitrogens with zero attached hydrogens (tertiary/aromatic N) is 5. The normalized spacial score (nSPS) is 16.0. The lowest BCUT2D eigenvalue weighted by atomic mass is 9.96. The minimum absolute atomic E-state index is 0. The fourth-order valence-corrected chi connectivity index (χ4v) is 4.80. The summed E-state index contributed by atoms with van der Waals surface area (Å²) in [7, 11) is 0. The Hall–Kier alpha value is -1.93. The van der Waals surface area contributed by atoms with Crippen molar-refractivity contribution in [1.29, 1.82) is 0 Å². The first-order chi connectivity index (χ1) is 14.4. The zero-order valence-corrected chi connectivity index (χ0v) is 20.3. The van der Waals surface area contributed by atoms with Gasteiger partial charge in [-0.25, -0.2) is 19.4 Å². The van der Waals surface area contributed by atoms with Crippen LogP contribution in [-0.2, 0) is 6.54 Å². The Morgan fingerprint density at radius 2 is 1.81 bits per heavy atom. The van der Waals surface area contributed by atoms with Gasteiger partial charge in [0, 0.05) is 30.7 Å². The Bertz CT molecular complexity index is 824. The summed E-state index contributed by atoms with van der Waals surface area (Å²) in [5, 5.41) is 11.3. The molecule has 1 atom stereocenters. The molecular formula is C22H38ClN7O. The van der Waals surface area contributed by atoms with Crippen molar-refractivity contribution in [3.8, 4) is 0 Å². The van der Waals surface area contributed by atoms with Crippen LogP contribution in [-0.4, -0.2) is 54.8 Å². The molecule has 174 valence electrons. The molecule has 2 amide bonds. The van der Waals surface area contributed by atoms with E-state index in [4.69, 9.17) is 0 Å². The third-order valence-corrected chi connectivity index (χ3v) is 6.07. The molecule has 1 aliphatic rings. The fraction of sp³-hybridized carbons (Fsp3) is 0.727. The number of urea groups is 1. The smallest absolute Gasteiger partial charge is 0.320 e. The molecule has 9 heteroatoms. The molecule has 1 aliphatic carbocycles. The topological polar surface area (TPSA) is 88.0 Å². The Kier molecular flexibility index (Phi) is 9.50. The van der Waals surface area contributed by atoms with Crippen LogP contribution in [0.4, 0.5) is 10.6 Å². The van der Waals surface area contributed by atoms with Crippen LogP contribution in [0.3, 0.4) is 0 Å². The van der Waals surface area contributed by atoms with E-state index < -0.39 is 0 Å². The van der Waals surface area contributed by atoms with Crippen molar-refractivity contribution in [2.45, 2.75) is 104 Å². The largest absolute Gasteiger partial charge is 0.335 e. The van der Waals surface area contributed by atoms with E-state index >= 15 is 0 Å². The number of rotatable bonds is 8. The molecule has 2 N–H and O–H groups in total. The third kappa shape index (κ3) is 6.53. The first-order valence-electron chi connectivity index (χ1n) is 11.4. The summed E-state index contributed by atoms with van der Waals surface area (Å²) in [6.45, 7) is 12.0. The van der Waals surface area contributed by atoms with Gasteiger partial charge >= 0.3 is 6.03 Å². The summed E-state index contributed by atoms with van der Waals surface area (Å²) >= 11 is 0. The van der Waals surface area contributed by atoms with Gasteiger partial charge < -0.3 is 5.32 Å². The van der Waals surface area contributed by atoms with Crippen LogP contribution in [0.2, 0.25) is 0 Å². The maximum Gasteiger partial charge on any atom is 0.320 e. The van der Waals surface area contributed by atoms with Gasteiger partial charge in [0.05, 0.1) is 11.6 Å². The number of anilines is 1. The SMILES string of the molecule is CC(C)N(C(C)C)C(C)CCn1ncc2c(NC(=O)NC3CCCCC3)ncnc21.Cl. The van der Waals surface area contributed by atoms with Gasteiger partial charge in [-0.2, -0.15) is 5.10 Å². The van der Waals surface area contributed by atoms with E-state index in [2.05, 4.69) is 65.2 Å². The molecule has 0 aliphatic heterocycles. The molecule has 8 nitrogen and oxygen atoms in total. The van der Waals surface area contributed by atoms with Gasteiger partial charge in [0.2, 0.25) is 0 Å². The predicted octanol–water partition coefficient (Wildman–Crippen LogP) is 4.60.